The molecule has 0 atom stereocenters. The first-order chi connectivity index (χ1) is 8.02. The molecule has 0 spiro atoms. The molecule has 1 aromatic carbocycles. The summed E-state index contributed by atoms with van der Waals surface area (Å²) in [6.07, 6.45) is 0. The first-order valence-electron chi connectivity index (χ1n) is 5.32. The van der Waals surface area contributed by atoms with E-state index in [1.807, 2.05) is 56.2 Å². The minimum atomic E-state index is 0.564. The number of nitrogens with zero attached hydrogens (tertiary/aromatic N) is 5. The second-order valence-electron chi connectivity index (χ2n) is 4.25. The van der Waals surface area contributed by atoms with Crippen molar-refractivity contribution in [3.63, 3.8) is 0 Å². The normalized spacial score (nSPS) is 13.2. The highest BCUT2D eigenvalue weighted by Crippen LogP contribution is 2.37. The standard InChI is InChI=1S/C11H16N5O/c1-13(2)11(14(3)4)15-9-7-5-6-8-10(9)16(17)12-15/h5-8H,1-4H3/q-1. The molecular weight excluding hydrogens is 218 g/mol. The van der Waals surface area contributed by atoms with E-state index in [0.717, 1.165) is 11.6 Å². The third-order valence-electron chi connectivity index (χ3n) is 2.48. The van der Waals surface area contributed by atoms with E-state index in [9.17, 15) is 5.21 Å². The summed E-state index contributed by atoms with van der Waals surface area (Å²) in [6.45, 7) is 0. The van der Waals surface area contributed by atoms with Gasteiger partial charge in [0, 0.05) is 0 Å². The van der Waals surface area contributed by atoms with Crippen molar-refractivity contribution in [2.75, 3.05) is 33.4 Å². The molecule has 1 aliphatic rings. The predicted molar refractivity (Wildman–Crippen MR) is 67.9 cm³/mol. The van der Waals surface area contributed by atoms with Gasteiger partial charge in [0.25, 0.3) is 0 Å². The summed E-state index contributed by atoms with van der Waals surface area (Å²) >= 11 is 0. The Labute approximate surface area is 101 Å². The van der Waals surface area contributed by atoms with E-state index in [2.05, 4.69) is 5.53 Å². The molecule has 6 heteroatoms. The summed E-state index contributed by atoms with van der Waals surface area (Å²) in [7, 11) is 7.67. The molecule has 0 amide bonds. The molecule has 0 saturated heterocycles. The molecule has 0 aromatic heterocycles. The van der Waals surface area contributed by atoms with E-state index in [4.69, 9.17) is 0 Å². The maximum Gasteiger partial charge on any atom is 0.344 e. The Morgan fingerprint density at radius 1 is 1.18 bits per heavy atom. The maximum atomic E-state index is 11.7. The van der Waals surface area contributed by atoms with Crippen LogP contribution in [0, 0.1) is 5.21 Å². The van der Waals surface area contributed by atoms with Crippen molar-refractivity contribution in [3.05, 3.63) is 35.0 Å². The summed E-state index contributed by atoms with van der Waals surface area (Å²) in [5.74, 6) is 0.829. The molecule has 1 aliphatic heterocycles. The summed E-state index contributed by atoms with van der Waals surface area (Å²) in [5.41, 5.74) is 5.35. The molecule has 0 fully saturated rings. The Morgan fingerprint density at radius 2 is 1.76 bits per heavy atom. The largest absolute Gasteiger partial charge is 0.770 e. The summed E-state index contributed by atoms with van der Waals surface area (Å²) in [4.78, 5) is 3.83. The zero-order valence-corrected chi connectivity index (χ0v) is 10.5. The fourth-order valence-electron chi connectivity index (χ4n) is 1.91. The van der Waals surface area contributed by atoms with E-state index in [1.54, 1.807) is 10.8 Å². The second-order valence-corrected chi connectivity index (χ2v) is 4.25. The monoisotopic (exact) mass is 234 g/mol. The number of hydrogen-bond acceptors (Lipinski definition) is 2. The lowest BCUT2D eigenvalue weighted by Gasteiger charge is -2.37. The van der Waals surface area contributed by atoms with Gasteiger partial charge in [-0.1, -0.05) is 12.1 Å². The number of anilines is 1. The van der Waals surface area contributed by atoms with Crippen molar-refractivity contribution < 1.29 is 4.68 Å². The first-order valence-corrected chi connectivity index (χ1v) is 5.32. The van der Waals surface area contributed by atoms with Crippen LogP contribution in [0.1, 0.15) is 0 Å². The quantitative estimate of drug-likeness (QED) is 0.502. The number of para-hydroxylation sites is 2. The van der Waals surface area contributed by atoms with Crippen LogP contribution in [-0.2, 0) is 0 Å². The van der Waals surface area contributed by atoms with Crippen LogP contribution < -0.4 is 5.17 Å². The van der Waals surface area contributed by atoms with E-state index < -0.39 is 0 Å². The number of rotatable bonds is 0. The molecule has 0 saturated carbocycles. The van der Waals surface area contributed by atoms with Gasteiger partial charge < -0.3 is 15.9 Å². The molecule has 0 aliphatic carbocycles. The average Bonchev–Trinajstić information content (AvgIpc) is 2.56. The van der Waals surface area contributed by atoms with Gasteiger partial charge in [-0.2, -0.15) is 0 Å². The Balaban J connectivity index is 2.58. The van der Waals surface area contributed by atoms with Gasteiger partial charge in [0.15, 0.2) is 0 Å². The van der Waals surface area contributed by atoms with Crippen molar-refractivity contribution in [2.45, 2.75) is 0 Å². The lowest BCUT2D eigenvalue weighted by atomic mass is 10.3. The zero-order chi connectivity index (χ0) is 12.6. The fourth-order valence-corrected chi connectivity index (χ4v) is 1.91. The van der Waals surface area contributed by atoms with Crippen LogP contribution in [-0.4, -0.2) is 48.6 Å². The van der Waals surface area contributed by atoms with Crippen molar-refractivity contribution >= 4 is 17.3 Å². The van der Waals surface area contributed by atoms with Crippen LogP contribution >= 0.6 is 0 Å². The average molecular weight is 234 g/mol. The third-order valence-corrected chi connectivity index (χ3v) is 2.48. The molecule has 6 nitrogen and oxygen atoms in total. The van der Waals surface area contributed by atoms with Gasteiger partial charge in [-0.25, -0.2) is 0 Å². The van der Waals surface area contributed by atoms with Crippen molar-refractivity contribution in [1.82, 2.24) is 9.80 Å². The van der Waals surface area contributed by atoms with Crippen LogP contribution in [0.2, 0.25) is 0 Å². The van der Waals surface area contributed by atoms with Gasteiger partial charge in [-0.05, 0) is 12.1 Å². The van der Waals surface area contributed by atoms with Gasteiger partial charge in [0.1, 0.15) is 5.69 Å². The smallest absolute Gasteiger partial charge is 0.344 e. The number of fused-ring (bicyclic) bond motifs is 1. The topological polar surface area (TPSA) is 49.9 Å². The molecule has 1 heterocycles. The molecule has 17 heavy (non-hydrogen) atoms. The minimum Gasteiger partial charge on any atom is -0.770 e. The highest BCUT2D eigenvalue weighted by molar-refractivity contribution is 5.79. The van der Waals surface area contributed by atoms with Gasteiger partial charge in [0.2, 0.25) is 0 Å². The van der Waals surface area contributed by atoms with E-state index in [1.165, 1.54) is 0 Å². The van der Waals surface area contributed by atoms with E-state index in [0.29, 0.717) is 10.9 Å². The van der Waals surface area contributed by atoms with Crippen LogP contribution in [0.15, 0.2) is 24.3 Å². The lowest BCUT2D eigenvalue weighted by Crippen LogP contribution is -2.40. The van der Waals surface area contributed by atoms with Gasteiger partial charge >= 0.3 is 5.96 Å². The number of guanidine groups is 1. The molecule has 0 N–H and O–H groups in total. The molecule has 2 rings (SSSR count). The predicted octanol–water partition coefficient (Wildman–Crippen LogP) is 1.33. The van der Waals surface area contributed by atoms with Crippen LogP contribution in [0.25, 0.3) is 5.53 Å². The number of benzene rings is 1. The summed E-state index contributed by atoms with van der Waals surface area (Å²) < 4.78 is 1.64. The molecular formula is C11H16N5O-. The molecule has 1 aromatic rings. The summed E-state index contributed by atoms with van der Waals surface area (Å²) in [5, 5.41) is 12.3. The van der Waals surface area contributed by atoms with Crippen LogP contribution in [0.4, 0.5) is 11.4 Å². The zero-order valence-electron chi connectivity index (χ0n) is 10.5. The summed E-state index contributed by atoms with van der Waals surface area (Å²) in [6, 6.07) is 7.36. The third kappa shape index (κ3) is 1.87. The molecule has 0 radical (unpaired) electrons. The Morgan fingerprint density at radius 3 is 2.35 bits per heavy atom. The second kappa shape index (κ2) is 4.14. The first kappa shape index (κ1) is 11.5. The van der Waals surface area contributed by atoms with Gasteiger partial charge in [-0.15, -0.1) is 0 Å². The van der Waals surface area contributed by atoms with Gasteiger partial charge in [-0.3, -0.25) is 14.5 Å². The Hall–Kier alpha value is -1.95. The fraction of sp³-hybridized carbons (Fsp3) is 0.364. The number of hydrogen-bond donors (Lipinski definition) is 0. The Kier molecular flexibility index (Phi) is 2.81. The van der Waals surface area contributed by atoms with Crippen molar-refractivity contribution in [3.8, 4) is 0 Å². The van der Waals surface area contributed by atoms with Gasteiger partial charge in [0.05, 0.1) is 33.9 Å². The molecule has 0 unspecified atom stereocenters. The van der Waals surface area contributed by atoms with E-state index in [-0.39, 0.29) is 0 Å². The van der Waals surface area contributed by atoms with Crippen LogP contribution in [0.5, 0.6) is 0 Å². The van der Waals surface area contributed by atoms with E-state index >= 15 is 0 Å². The minimum absolute atomic E-state index is 0.564. The Bertz CT molecular complexity index is 445. The molecule has 92 valence electrons. The van der Waals surface area contributed by atoms with Crippen LogP contribution in [0.3, 0.4) is 0 Å². The van der Waals surface area contributed by atoms with Crippen molar-refractivity contribution in [1.29, 1.82) is 0 Å². The highest BCUT2D eigenvalue weighted by atomic mass is 16.6. The molecule has 0 bridgehead atoms. The maximum absolute atomic E-state index is 11.7. The lowest BCUT2D eigenvalue weighted by molar-refractivity contribution is -0.390. The van der Waals surface area contributed by atoms with Crippen molar-refractivity contribution in [2.24, 2.45) is 0 Å². The SMILES string of the molecule is CN(C)C(N(C)C)=[N+]1[N-]N([O-])c2ccccc21. The highest BCUT2D eigenvalue weighted by Gasteiger charge is 2.20.